The molecule has 16 nitrogen and oxygen atoms in total. The van der Waals surface area contributed by atoms with Gasteiger partial charge >= 0.3 is 5.97 Å². The number of hydrogen-bond donors (Lipinski definition) is 3. The molecule has 4 fully saturated rings. The normalized spacial score (nSPS) is 28.3. The van der Waals surface area contributed by atoms with Crippen LogP contribution in [0.15, 0.2) is 35.5 Å². The quantitative estimate of drug-likeness (QED) is 0.0205. The van der Waals surface area contributed by atoms with Crippen molar-refractivity contribution in [3.63, 3.8) is 0 Å². The van der Waals surface area contributed by atoms with E-state index in [9.17, 15) is 39.3 Å². The van der Waals surface area contributed by atoms with E-state index >= 15 is 0 Å². The van der Waals surface area contributed by atoms with E-state index in [4.69, 9.17) is 33.2 Å². The molecule has 16 heteroatoms. The van der Waals surface area contributed by atoms with Crippen molar-refractivity contribution in [2.24, 2.45) is 41.4 Å². The molecule has 0 aromatic heterocycles. The number of aliphatic hydroxyl groups excluding tert-OH is 2. The lowest BCUT2D eigenvalue weighted by molar-refractivity contribution is -0.266. The number of ether oxygens (including phenoxy) is 7. The van der Waals surface area contributed by atoms with Crippen molar-refractivity contribution in [3.8, 4) is 0 Å². The van der Waals surface area contributed by atoms with Crippen molar-refractivity contribution in [1.29, 1.82) is 0 Å². The van der Waals surface area contributed by atoms with Crippen molar-refractivity contribution in [2.45, 2.75) is 213 Å². The highest BCUT2D eigenvalue weighted by molar-refractivity contribution is 6.39. The van der Waals surface area contributed by atoms with Gasteiger partial charge in [-0.25, -0.2) is 4.79 Å². The molecule has 1 aliphatic carbocycles. The number of likely N-dealkylation sites (tertiary alicyclic amines) is 1. The summed E-state index contributed by atoms with van der Waals surface area (Å²) in [6.45, 7) is 19.3. The molecule has 1 saturated carbocycles. The number of rotatable bonds is 30. The number of piperidine rings is 1. The fourth-order valence-electron chi connectivity index (χ4n) is 11.5. The molecular formula is C59H97NO15. The zero-order valence-corrected chi connectivity index (χ0v) is 47.5. The van der Waals surface area contributed by atoms with Crippen LogP contribution in [0.5, 0.6) is 0 Å². The predicted octanol–water partition coefficient (Wildman–Crippen LogP) is 7.85. The Morgan fingerprint density at radius 3 is 2.25 bits per heavy atom. The van der Waals surface area contributed by atoms with Gasteiger partial charge in [0.05, 0.1) is 31.0 Å². The third-order valence-electron chi connectivity index (χ3n) is 16.3. The maximum absolute atomic E-state index is 14.6. The number of ketones is 3. The van der Waals surface area contributed by atoms with Gasteiger partial charge in [0.15, 0.2) is 5.78 Å². The minimum absolute atomic E-state index is 0.0340. The van der Waals surface area contributed by atoms with E-state index in [2.05, 4.69) is 0 Å². The highest BCUT2D eigenvalue weighted by Crippen LogP contribution is 2.38. The number of carbonyl (C=O) groups is 5. The van der Waals surface area contributed by atoms with Gasteiger partial charge in [0.1, 0.15) is 30.1 Å². The van der Waals surface area contributed by atoms with E-state index in [-0.39, 0.29) is 79.5 Å². The number of Topliss-reactive ketones (excluding diaryl/α,β-unsaturated/α-hetero) is 3. The fourth-order valence-corrected chi connectivity index (χ4v) is 11.5. The second-order valence-corrected chi connectivity index (χ2v) is 22.8. The largest absolute Gasteiger partial charge is 0.460 e. The Labute approximate surface area is 449 Å². The Morgan fingerprint density at radius 2 is 1.60 bits per heavy atom. The highest BCUT2D eigenvalue weighted by atomic mass is 16.6. The average molecular weight is 1060 g/mol. The molecule has 428 valence electrons. The second-order valence-electron chi connectivity index (χ2n) is 22.8. The molecule has 4 aliphatic rings. The molecule has 0 aromatic rings. The molecule has 3 aliphatic heterocycles. The second kappa shape index (κ2) is 32.0. The first-order valence-corrected chi connectivity index (χ1v) is 28.3. The van der Waals surface area contributed by atoms with Gasteiger partial charge in [-0.15, -0.1) is 0 Å². The van der Waals surface area contributed by atoms with Crippen molar-refractivity contribution >= 4 is 29.2 Å². The van der Waals surface area contributed by atoms with E-state index in [1.165, 1.54) is 12.0 Å². The van der Waals surface area contributed by atoms with Crippen LogP contribution in [0, 0.1) is 41.4 Å². The van der Waals surface area contributed by atoms with Gasteiger partial charge in [-0.3, -0.25) is 19.2 Å². The molecule has 4 rings (SSSR count). The van der Waals surface area contributed by atoms with Gasteiger partial charge in [-0.05, 0) is 139 Å². The molecule has 1 amide bonds. The summed E-state index contributed by atoms with van der Waals surface area (Å²) in [6.07, 6.45) is 11.2. The Bertz CT molecular complexity index is 1890. The molecule has 0 bridgehead atoms. The zero-order chi connectivity index (χ0) is 55.4. The number of esters is 1. The number of methoxy groups -OCH3 is 2. The van der Waals surface area contributed by atoms with Crippen molar-refractivity contribution < 1.29 is 72.5 Å². The molecule has 75 heavy (non-hydrogen) atoms. The summed E-state index contributed by atoms with van der Waals surface area (Å²) >= 11 is 0. The number of carbonyl (C=O) groups excluding carboxylic acids is 5. The maximum atomic E-state index is 14.6. The Morgan fingerprint density at radius 1 is 0.880 bits per heavy atom. The van der Waals surface area contributed by atoms with Gasteiger partial charge in [-0.1, -0.05) is 65.8 Å². The lowest BCUT2D eigenvalue weighted by Gasteiger charge is -2.43. The van der Waals surface area contributed by atoms with Crippen LogP contribution in [0.1, 0.15) is 159 Å². The van der Waals surface area contributed by atoms with Gasteiger partial charge in [0.25, 0.3) is 11.7 Å². The number of nitrogens with zero attached hydrogens (tertiary/aromatic N) is 1. The topological polar surface area (TPSA) is 214 Å². The zero-order valence-electron chi connectivity index (χ0n) is 47.5. The molecule has 3 saturated heterocycles. The first-order valence-electron chi connectivity index (χ1n) is 28.3. The summed E-state index contributed by atoms with van der Waals surface area (Å²) in [5, 5.41) is 32.8. The first-order chi connectivity index (χ1) is 35.7. The summed E-state index contributed by atoms with van der Waals surface area (Å²) < 4.78 is 42.2. The number of aliphatic hydroxyl groups is 3. The Balaban J connectivity index is 1.55. The van der Waals surface area contributed by atoms with E-state index in [1.54, 1.807) is 34.0 Å². The lowest BCUT2D eigenvalue weighted by Crippen LogP contribution is -2.61. The van der Waals surface area contributed by atoms with Crippen LogP contribution in [0.2, 0.25) is 0 Å². The van der Waals surface area contributed by atoms with E-state index < -0.39 is 65.7 Å². The van der Waals surface area contributed by atoms with Crippen LogP contribution >= 0.6 is 0 Å². The van der Waals surface area contributed by atoms with Crippen LogP contribution < -0.4 is 0 Å². The van der Waals surface area contributed by atoms with Crippen molar-refractivity contribution in [1.82, 2.24) is 4.90 Å². The van der Waals surface area contributed by atoms with E-state index in [0.29, 0.717) is 95.7 Å². The minimum Gasteiger partial charge on any atom is -0.460 e. The summed E-state index contributed by atoms with van der Waals surface area (Å²) in [4.78, 5) is 72.4. The summed E-state index contributed by atoms with van der Waals surface area (Å²) in [5.74, 6) is -7.18. The van der Waals surface area contributed by atoms with Gasteiger partial charge < -0.3 is 53.4 Å². The molecule has 14 atom stereocenters. The maximum Gasteiger partial charge on any atom is 0.329 e. The summed E-state index contributed by atoms with van der Waals surface area (Å²) in [7, 11) is 3.04. The Kier molecular flexibility index (Phi) is 27.5. The third-order valence-corrected chi connectivity index (χ3v) is 16.3. The first kappa shape index (κ1) is 64.3. The molecule has 0 spiro atoms. The molecule has 2 unspecified atom stereocenters. The van der Waals surface area contributed by atoms with Crippen LogP contribution in [0.25, 0.3) is 0 Å². The van der Waals surface area contributed by atoms with Crippen LogP contribution in [0.3, 0.4) is 0 Å². The number of hydrogen-bond acceptors (Lipinski definition) is 15. The third kappa shape index (κ3) is 19.0. The van der Waals surface area contributed by atoms with E-state index in [0.717, 1.165) is 31.3 Å². The van der Waals surface area contributed by atoms with Crippen LogP contribution in [0.4, 0.5) is 0 Å². The molecule has 0 aromatic carbocycles. The van der Waals surface area contributed by atoms with E-state index in [1.807, 2.05) is 59.8 Å². The molecule has 0 radical (unpaired) electrons. The van der Waals surface area contributed by atoms with Crippen molar-refractivity contribution in [2.75, 3.05) is 53.8 Å². The standard InChI is InChI=1S/C59H97NO15/c1-12-13-17-38(4)50(73-36-44-23-28-71-29-24-44)34-46-21-19-43(9)59(68,75-46)56(65)57(66)60-25-15-14-18-47(60)58(67)74-51(40(6)32-45-20-22-49(52(33-45)69-10)72-27-16-26-61)35-48(62)39(5)31-42(8)54(64)55(70-11)53(63)41(7)30-37(2)3/h12-13,17,31,37,39-41,43-47,49-52,54-55,61,64,68H,14-16,18-30,32-36H2,1-11H3/b13-12+,38-17+,42-31+/t39-,40-,41-,43-,45+,46+,47?,49-,50?,51+,52-,54-,55+,59-/m1/s1. The molecule has 3 heterocycles. The van der Waals surface area contributed by atoms with Gasteiger partial charge in [0, 0.05) is 77.8 Å². The highest BCUT2D eigenvalue weighted by Gasteiger charge is 2.53. The smallest absolute Gasteiger partial charge is 0.329 e. The van der Waals surface area contributed by atoms with Crippen LogP contribution in [-0.4, -0.2) is 158 Å². The predicted molar refractivity (Wildman–Crippen MR) is 285 cm³/mol. The average Bonchev–Trinajstić information content (AvgIpc) is 3.39. The van der Waals surface area contributed by atoms with Gasteiger partial charge in [0.2, 0.25) is 5.79 Å². The van der Waals surface area contributed by atoms with Gasteiger partial charge in [-0.2, -0.15) is 0 Å². The molecule has 3 N–H and O–H groups in total. The summed E-state index contributed by atoms with van der Waals surface area (Å²) in [5.41, 5.74) is 1.37. The lowest BCUT2D eigenvalue weighted by atomic mass is 9.78. The van der Waals surface area contributed by atoms with Crippen LogP contribution in [-0.2, 0) is 57.1 Å². The summed E-state index contributed by atoms with van der Waals surface area (Å²) in [6, 6.07) is -1.15. The number of allylic oxidation sites excluding steroid dienone is 4. The number of amides is 1. The molecular weight excluding hydrogens is 963 g/mol. The SMILES string of the molecule is C/C=C/C=C(\C)C(C[C@@H]1CC[C@@H](C)[C@](O)(C(=O)C(=O)N2CCCCC2C(=O)O[C@@H](CC(=O)[C@H](C)/C=C(\C)[C@@H](O)[C@@H](OC)C(=O)[C@H](C)CC(C)C)[C@H](C)C[C@@H]2CC[C@@H](OCCCO)[C@H](OC)C2)O1)OCC1CCOCC1. The Hall–Kier alpha value is -3.19. The minimum atomic E-state index is -2.44. The monoisotopic (exact) mass is 1060 g/mol. The fraction of sp³-hybridized carbons (Fsp3) is 0.814. The van der Waals surface area contributed by atoms with Crippen molar-refractivity contribution in [3.05, 3.63) is 35.5 Å².